The van der Waals surface area contributed by atoms with Crippen LogP contribution in [0.2, 0.25) is 0 Å². The fraction of sp³-hybridized carbons (Fsp3) is 0.433. The molecule has 0 saturated carbocycles. The van der Waals surface area contributed by atoms with Gasteiger partial charge in [0.2, 0.25) is 0 Å². The van der Waals surface area contributed by atoms with E-state index < -0.39 is 11.4 Å². The molecule has 37 heavy (non-hydrogen) atoms. The molecule has 3 rings (SSSR count). The van der Waals surface area contributed by atoms with Crippen LogP contribution in [0.25, 0.3) is 6.08 Å². The molecule has 1 amide bonds. The first-order chi connectivity index (χ1) is 17.2. The van der Waals surface area contributed by atoms with Gasteiger partial charge in [0.1, 0.15) is 18.1 Å². The van der Waals surface area contributed by atoms with Crippen molar-refractivity contribution < 1.29 is 28.6 Å². The average molecular weight is 508 g/mol. The third kappa shape index (κ3) is 6.59. The second kappa shape index (κ2) is 10.8. The van der Waals surface area contributed by atoms with E-state index in [2.05, 4.69) is 26.1 Å². The number of rotatable bonds is 6. The predicted molar refractivity (Wildman–Crippen MR) is 144 cm³/mol. The maximum Gasteiger partial charge on any atom is 0.310 e. The van der Waals surface area contributed by atoms with Gasteiger partial charge >= 0.3 is 11.9 Å². The van der Waals surface area contributed by atoms with Crippen LogP contribution in [0.1, 0.15) is 77.6 Å². The standard InChI is InChI=1S/C30H37NO6/c1-9-35-25(33)15-19-12-10-11-13-23(19)31-28(34)20-14-21-24(36-17-20)16-22(29(3,4)5)27(37-18(2)32)26(21)30(6,7)8/h10-14,16H,9,15,17H2,1-8H3,(H,31,34). The van der Waals surface area contributed by atoms with Crippen molar-refractivity contribution in [2.45, 2.75) is 72.6 Å². The van der Waals surface area contributed by atoms with Crippen molar-refractivity contribution in [2.75, 3.05) is 18.5 Å². The quantitative estimate of drug-likeness (QED) is 0.397. The fourth-order valence-corrected chi connectivity index (χ4v) is 4.34. The lowest BCUT2D eigenvalue weighted by Gasteiger charge is -2.33. The third-order valence-electron chi connectivity index (χ3n) is 5.98. The van der Waals surface area contributed by atoms with Crippen molar-refractivity contribution in [3.05, 3.63) is 58.2 Å². The minimum Gasteiger partial charge on any atom is -0.488 e. The van der Waals surface area contributed by atoms with Gasteiger partial charge in [0.05, 0.1) is 18.6 Å². The van der Waals surface area contributed by atoms with Gasteiger partial charge in [-0.15, -0.1) is 0 Å². The van der Waals surface area contributed by atoms with Gasteiger partial charge in [0.25, 0.3) is 5.91 Å². The number of carbonyl (C=O) groups excluding carboxylic acids is 3. The minimum absolute atomic E-state index is 0.0537. The monoisotopic (exact) mass is 507 g/mol. The molecule has 1 aliphatic rings. The summed E-state index contributed by atoms with van der Waals surface area (Å²) in [5.74, 6) is 0.0435. The highest BCUT2D eigenvalue weighted by Crippen LogP contribution is 2.47. The highest BCUT2D eigenvalue weighted by molar-refractivity contribution is 6.08. The van der Waals surface area contributed by atoms with Gasteiger partial charge in [0.15, 0.2) is 0 Å². The Hall–Kier alpha value is -3.61. The van der Waals surface area contributed by atoms with Gasteiger partial charge < -0.3 is 19.5 Å². The predicted octanol–water partition coefficient (Wildman–Crippen LogP) is 5.73. The molecule has 7 heteroatoms. The smallest absolute Gasteiger partial charge is 0.310 e. The van der Waals surface area contributed by atoms with Crippen molar-refractivity contribution >= 4 is 29.6 Å². The molecule has 1 heterocycles. The van der Waals surface area contributed by atoms with E-state index in [1.54, 1.807) is 25.1 Å². The van der Waals surface area contributed by atoms with Crippen LogP contribution < -0.4 is 14.8 Å². The molecule has 198 valence electrons. The Labute approximate surface area is 219 Å². The van der Waals surface area contributed by atoms with E-state index >= 15 is 0 Å². The Morgan fingerprint density at radius 1 is 1.03 bits per heavy atom. The van der Waals surface area contributed by atoms with Crippen molar-refractivity contribution in [1.29, 1.82) is 0 Å². The number of amides is 1. The molecule has 0 spiro atoms. The van der Waals surface area contributed by atoms with Crippen molar-refractivity contribution in [3.8, 4) is 11.5 Å². The topological polar surface area (TPSA) is 90.9 Å². The van der Waals surface area contributed by atoms with E-state index in [0.717, 1.165) is 11.1 Å². The number of hydrogen-bond acceptors (Lipinski definition) is 6. The Balaban J connectivity index is 2.07. The molecule has 0 aliphatic carbocycles. The van der Waals surface area contributed by atoms with E-state index in [1.165, 1.54) is 6.92 Å². The number of para-hydroxylation sites is 1. The minimum atomic E-state index is -0.416. The van der Waals surface area contributed by atoms with E-state index in [4.69, 9.17) is 14.2 Å². The van der Waals surface area contributed by atoms with Crippen LogP contribution in [-0.4, -0.2) is 31.1 Å². The molecule has 0 radical (unpaired) electrons. The summed E-state index contributed by atoms with van der Waals surface area (Å²) in [7, 11) is 0. The zero-order valence-corrected chi connectivity index (χ0v) is 23.0. The number of carbonyl (C=O) groups is 3. The highest BCUT2D eigenvalue weighted by atomic mass is 16.5. The lowest BCUT2D eigenvalue weighted by Crippen LogP contribution is -2.26. The van der Waals surface area contributed by atoms with E-state index in [-0.39, 0.29) is 30.3 Å². The van der Waals surface area contributed by atoms with Crippen LogP contribution in [0.3, 0.4) is 0 Å². The van der Waals surface area contributed by atoms with Gasteiger partial charge in [-0.2, -0.15) is 0 Å². The maximum atomic E-state index is 13.3. The van der Waals surface area contributed by atoms with E-state index in [9.17, 15) is 14.4 Å². The first-order valence-corrected chi connectivity index (χ1v) is 12.5. The van der Waals surface area contributed by atoms with Crippen molar-refractivity contribution in [3.63, 3.8) is 0 Å². The highest BCUT2D eigenvalue weighted by Gasteiger charge is 2.34. The van der Waals surface area contributed by atoms with Crippen LogP contribution in [0.15, 0.2) is 35.9 Å². The summed E-state index contributed by atoms with van der Waals surface area (Å²) in [4.78, 5) is 37.5. The summed E-state index contributed by atoms with van der Waals surface area (Å²) < 4.78 is 17.0. The number of benzene rings is 2. The fourth-order valence-electron chi connectivity index (χ4n) is 4.34. The molecule has 0 atom stereocenters. The molecule has 0 bridgehead atoms. The first-order valence-electron chi connectivity index (χ1n) is 12.5. The summed E-state index contributed by atoms with van der Waals surface area (Å²) >= 11 is 0. The molecule has 0 unspecified atom stereocenters. The van der Waals surface area contributed by atoms with Gasteiger partial charge in [-0.1, -0.05) is 59.7 Å². The molecule has 1 N–H and O–H groups in total. The molecule has 2 aromatic rings. The summed E-state index contributed by atoms with van der Waals surface area (Å²) in [5.41, 5.74) is 3.27. The normalized spacial score (nSPS) is 13.1. The van der Waals surface area contributed by atoms with Crippen LogP contribution >= 0.6 is 0 Å². The molecule has 0 fully saturated rings. The van der Waals surface area contributed by atoms with Crippen molar-refractivity contribution in [2.24, 2.45) is 0 Å². The molecule has 0 saturated heterocycles. The third-order valence-corrected chi connectivity index (χ3v) is 5.98. The number of nitrogens with one attached hydrogen (secondary N) is 1. The lowest BCUT2D eigenvalue weighted by atomic mass is 9.76. The van der Waals surface area contributed by atoms with Gasteiger partial charge in [-0.25, -0.2) is 0 Å². The van der Waals surface area contributed by atoms with Crippen LogP contribution in [-0.2, 0) is 36.4 Å². The lowest BCUT2D eigenvalue weighted by molar-refractivity contribution is -0.142. The summed E-state index contributed by atoms with van der Waals surface area (Å²) in [6, 6.07) is 9.04. The van der Waals surface area contributed by atoms with Gasteiger partial charge in [0, 0.05) is 29.3 Å². The number of esters is 2. The van der Waals surface area contributed by atoms with E-state index in [1.807, 2.05) is 39.0 Å². The SMILES string of the molecule is CCOC(=O)Cc1ccccc1NC(=O)C1=Cc2c(cc(C(C)(C)C)c(OC(C)=O)c2C(C)(C)C)OC1. The largest absolute Gasteiger partial charge is 0.488 e. The molecule has 1 aliphatic heterocycles. The van der Waals surface area contributed by atoms with E-state index in [0.29, 0.717) is 40.5 Å². The Bertz CT molecular complexity index is 1240. The number of anilines is 1. The summed E-state index contributed by atoms with van der Waals surface area (Å²) in [6.45, 7) is 15.8. The average Bonchev–Trinajstić information content (AvgIpc) is 2.77. The van der Waals surface area contributed by atoms with Gasteiger partial charge in [-0.05, 0) is 41.5 Å². The number of hydrogen-bond donors (Lipinski definition) is 1. The molecular weight excluding hydrogens is 470 g/mol. The second-order valence-corrected chi connectivity index (χ2v) is 11.2. The van der Waals surface area contributed by atoms with Crippen LogP contribution in [0.5, 0.6) is 11.5 Å². The zero-order chi connectivity index (χ0) is 27.5. The Morgan fingerprint density at radius 3 is 2.30 bits per heavy atom. The number of fused-ring (bicyclic) bond motifs is 1. The maximum absolute atomic E-state index is 13.3. The van der Waals surface area contributed by atoms with Crippen molar-refractivity contribution in [1.82, 2.24) is 0 Å². The van der Waals surface area contributed by atoms with Crippen LogP contribution in [0.4, 0.5) is 5.69 Å². The summed E-state index contributed by atoms with van der Waals surface area (Å²) in [5, 5.41) is 2.92. The number of ether oxygens (including phenoxy) is 3. The zero-order valence-electron chi connectivity index (χ0n) is 23.0. The molecule has 0 aromatic heterocycles. The Kier molecular flexibility index (Phi) is 8.16. The molecular formula is C30H37NO6. The first kappa shape index (κ1) is 28.0. The molecule has 7 nitrogen and oxygen atoms in total. The van der Waals surface area contributed by atoms with Gasteiger partial charge in [-0.3, -0.25) is 14.4 Å². The van der Waals surface area contributed by atoms with Crippen LogP contribution in [0, 0.1) is 0 Å². The molecule has 2 aromatic carbocycles. The Morgan fingerprint density at radius 2 is 1.70 bits per heavy atom. The summed E-state index contributed by atoms with van der Waals surface area (Å²) in [6.07, 6.45) is 1.86. The second-order valence-electron chi connectivity index (χ2n) is 11.2.